The number of hydrogen-bond donors (Lipinski definition) is 2. The van der Waals surface area contributed by atoms with E-state index in [1.807, 2.05) is 6.07 Å². The van der Waals surface area contributed by atoms with Gasteiger partial charge < -0.3 is 43.6 Å². The zero-order chi connectivity index (χ0) is 34.0. The lowest BCUT2D eigenvalue weighted by molar-refractivity contribution is -0.335. The van der Waals surface area contributed by atoms with E-state index in [1.54, 1.807) is 50.4 Å². The second-order valence-electron chi connectivity index (χ2n) is 10.5. The first-order chi connectivity index (χ1) is 21.8. The van der Waals surface area contributed by atoms with E-state index in [9.17, 15) is 29.1 Å². The van der Waals surface area contributed by atoms with Crippen molar-refractivity contribution in [1.29, 1.82) is 0 Å². The fourth-order valence-electron chi connectivity index (χ4n) is 5.01. The molecule has 1 amide bonds. The molecule has 14 heteroatoms. The van der Waals surface area contributed by atoms with E-state index in [0.29, 0.717) is 11.1 Å². The first-order valence-corrected chi connectivity index (χ1v) is 14.4. The number of amides is 1. The second kappa shape index (κ2) is 16.2. The Morgan fingerprint density at radius 2 is 1.61 bits per heavy atom. The summed E-state index contributed by atoms with van der Waals surface area (Å²) in [5.74, 6) is -3.11. The van der Waals surface area contributed by atoms with Crippen LogP contribution in [0.5, 0.6) is 5.75 Å². The van der Waals surface area contributed by atoms with Crippen LogP contribution in [0.3, 0.4) is 0 Å². The highest BCUT2D eigenvalue weighted by molar-refractivity contribution is 5.95. The highest BCUT2D eigenvalue weighted by atomic mass is 16.7. The predicted molar refractivity (Wildman–Crippen MR) is 159 cm³/mol. The molecule has 46 heavy (non-hydrogen) atoms. The summed E-state index contributed by atoms with van der Waals surface area (Å²) >= 11 is 0. The van der Waals surface area contributed by atoms with Gasteiger partial charge in [-0.15, -0.1) is 0 Å². The zero-order valence-electron chi connectivity index (χ0n) is 26.5. The first kappa shape index (κ1) is 35.9. The molecule has 0 spiro atoms. The van der Waals surface area contributed by atoms with Crippen LogP contribution in [0.4, 0.5) is 0 Å². The highest BCUT2D eigenvalue weighted by Gasteiger charge is 2.64. The molecule has 2 aromatic rings. The molecule has 250 valence electrons. The van der Waals surface area contributed by atoms with Crippen LogP contribution in [0.25, 0.3) is 11.1 Å². The van der Waals surface area contributed by atoms with E-state index in [4.69, 9.17) is 33.2 Å². The zero-order valence-corrected chi connectivity index (χ0v) is 26.5. The maximum Gasteiger partial charge on any atom is 0.303 e. The van der Waals surface area contributed by atoms with Gasteiger partial charge in [-0.2, -0.15) is 0 Å². The van der Waals surface area contributed by atoms with Gasteiger partial charge in [0.2, 0.25) is 11.9 Å². The fourth-order valence-corrected chi connectivity index (χ4v) is 5.01. The molecule has 1 saturated heterocycles. The molecule has 1 fully saturated rings. The van der Waals surface area contributed by atoms with Gasteiger partial charge in [-0.3, -0.25) is 24.0 Å². The number of rotatable bonds is 13. The third-order valence-electron chi connectivity index (χ3n) is 6.88. The van der Waals surface area contributed by atoms with Crippen LogP contribution in [-0.2, 0) is 47.6 Å². The summed E-state index contributed by atoms with van der Waals surface area (Å²) < 4.78 is 40.2. The average molecular weight is 646 g/mol. The maximum absolute atomic E-state index is 12.6. The molecule has 5 atom stereocenters. The summed E-state index contributed by atoms with van der Waals surface area (Å²) in [6, 6.07) is 12.2. The number of nitrogens with one attached hydrogen (secondary N) is 1. The van der Waals surface area contributed by atoms with Gasteiger partial charge in [0.25, 0.3) is 5.91 Å². The van der Waals surface area contributed by atoms with Gasteiger partial charge in [-0.1, -0.05) is 18.2 Å². The maximum atomic E-state index is 12.6. The minimum atomic E-state index is -2.09. The average Bonchev–Trinajstić information content (AvgIpc) is 2.99. The fraction of sp³-hybridized carbons (Fsp3) is 0.469. The van der Waals surface area contributed by atoms with E-state index >= 15 is 0 Å². The molecule has 0 unspecified atom stereocenters. The molecule has 1 heterocycles. The van der Waals surface area contributed by atoms with Crippen molar-refractivity contribution in [3.63, 3.8) is 0 Å². The Labute approximate surface area is 266 Å². The minimum Gasteiger partial charge on any atom is -0.463 e. The quantitative estimate of drug-likeness (QED) is 0.183. The van der Waals surface area contributed by atoms with Crippen molar-refractivity contribution in [2.24, 2.45) is 0 Å². The molecule has 0 aromatic heterocycles. The van der Waals surface area contributed by atoms with Crippen molar-refractivity contribution in [2.45, 2.75) is 64.8 Å². The highest BCUT2D eigenvalue weighted by Crippen LogP contribution is 2.40. The molecule has 14 nitrogen and oxygen atoms in total. The van der Waals surface area contributed by atoms with E-state index in [-0.39, 0.29) is 18.3 Å². The van der Waals surface area contributed by atoms with Crippen LogP contribution >= 0.6 is 0 Å². The van der Waals surface area contributed by atoms with Crippen molar-refractivity contribution < 1.29 is 62.2 Å². The molecule has 2 aromatic carbocycles. The summed E-state index contributed by atoms with van der Waals surface area (Å²) in [5, 5.41) is 12.0. The lowest BCUT2D eigenvalue weighted by Gasteiger charge is -2.50. The lowest BCUT2D eigenvalue weighted by atomic mass is 9.85. The number of aliphatic hydroxyl groups excluding tert-OH is 1. The van der Waals surface area contributed by atoms with Crippen molar-refractivity contribution in [2.75, 3.05) is 33.5 Å². The number of carbonyl (C=O) groups excluding carboxylic acids is 5. The minimum absolute atomic E-state index is 0.208. The third-order valence-corrected chi connectivity index (χ3v) is 6.88. The first-order valence-electron chi connectivity index (χ1n) is 14.4. The van der Waals surface area contributed by atoms with Gasteiger partial charge in [0.15, 0.2) is 12.2 Å². The third kappa shape index (κ3) is 9.02. The Morgan fingerprint density at radius 3 is 2.20 bits per heavy atom. The number of aliphatic hydroxyl groups is 1. The predicted octanol–water partition coefficient (Wildman–Crippen LogP) is 1.86. The number of esters is 4. The SMILES string of the molecule is CNC(=O)c1cccc(-c2ccc(O[C@H]3O[C@H](COC(C)=O)[C@@H](OC(C)=O)[C@H](OC(C)=O)[C@]3(COCCO)OC(C)=O)c(C)c2)c1. The van der Waals surface area contributed by atoms with Gasteiger partial charge in [-0.05, 0) is 47.9 Å². The summed E-state index contributed by atoms with van der Waals surface area (Å²) in [7, 11) is 1.54. The molecular formula is C32H39NO13. The number of ether oxygens (including phenoxy) is 7. The van der Waals surface area contributed by atoms with Crippen LogP contribution in [-0.4, -0.2) is 98.6 Å². The van der Waals surface area contributed by atoms with Gasteiger partial charge in [0.1, 0.15) is 18.5 Å². The molecule has 3 rings (SSSR count). The summed E-state index contributed by atoms with van der Waals surface area (Å²) in [4.78, 5) is 61.1. The number of benzene rings is 2. The normalized spacial score (nSPS) is 22.2. The monoisotopic (exact) mass is 645 g/mol. The summed E-state index contributed by atoms with van der Waals surface area (Å²) in [6.07, 6.45) is -5.87. The summed E-state index contributed by atoms with van der Waals surface area (Å²) in [6.45, 7) is 4.66. The van der Waals surface area contributed by atoms with Crippen molar-refractivity contribution in [3.05, 3.63) is 53.6 Å². The molecule has 1 aliphatic rings. The Kier molecular flexibility index (Phi) is 12.6. The molecular weight excluding hydrogens is 606 g/mol. The number of carbonyl (C=O) groups is 5. The largest absolute Gasteiger partial charge is 0.463 e. The Balaban J connectivity index is 2.14. The van der Waals surface area contributed by atoms with Gasteiger partial charge in [-0.25, -0.2) is 0 Å². The van der Waals surface area contributed by atoms with E-state index < -0.39 is 73.9 Å². The van der Waals surface area contributed by atoms with Crippen LogP contribution in [0.2, 0.25) is 0 Å². The van der Waals surface area contributed by atoms with Gasteiger partial charge >= 0.3 is 23.9 Å². The number of aryl methyl sites for hydroxylation is 1. The van der Waals surface area contributed by atoms with Crippen LogP contribution in [0, 0.1) is 6.92 Å². The molecule has 0 radical (unpaired) electrons. The van der Waals surface area contributed by atoms with Gasteiger partial charge in [0.05, 0.1) is 19.8 Å². The van der Waals surface area contributed by atoms with Crippen molar-refractivity contribution in [3.8, 4) is 16.9 Å². The van der Waals surface area contributed by atoms with E-state index in [2.05, 4.69) is 5.32 Å². The molecule has 2 N–H and O–H groups in total. The lowest BCUT2D eigenvalue weighted by Crippen LogP contribution is -2.72. The smallest absolute Gasteiger partial charge is 0.303 e. The van der Waals surface area contributed by atoms with E-state index in [1.165, 1.54) is 6.92 Å². The van der Waals surface area contributed by atoms with Crippen LogP contribution in [0.1, 0.15) is 43.6 Å². The van der Waals surface area contributed by atoms with E-state index in [0.717, 1.165) is 31.9 Å². The molecule has 0 saturated carbocycles. The summed E-state index contributed by atoms with van der Waals surface area (Å²) in [5.41, 5.74) is 0.504. The van der Waals surface area contributed by atoms with Crippen LogP contribution < -0.4 is 10.1 Å². The van der Waals surface area contributed by atoms with Crippen LogP contribution in [0.15, 0.2) is 42.5 Å². The topological polar surface area (TPSA) is 182 Å². The van der Waals surface area contributed by atoms with Crippen molar-refractivity contribution >= 4 is 29.8 Å². The number of hydrogen-bond acceptors (Lipinski definition) is 13. The standard InChI is InChI=1S/C32H39NO13/c1-18-14-24(23-8-7-9-25(15-23)30(39)33-6)10-11-26(18)44-31-32(46-22(5)38,17-40-13-12-34)29(43-21(4)37)28(42-20(3)36)27(45-31)16-41-19(2)35/h7-11,14-15,27-29,31,34H,12-13,16-17H2,1-6H3,(H,33,39)/t27-,28-,29+,31+,32+/m1/s1. The molecule has 0 aliphatic carbocycles. The second-order valence-corrected chi connectivity index (χ2v) is 10.5. The molecule has 1 aliphatic heterocycles. The Bertz CT molecular complexity index is 1430. The Hall–Kier alpha value is -4.53. The van der Waals surface area contributed by atoms with Gasteiger partial charge in [0, 0.05) is 40.3 Å². The molecule has 0 bridgehead atoms. The van der Waals surface area contributed by atoms with Crippen molar-refractivity contribution in [1.82, 2.24) is 5.32 Å². The Morgan fingerprint density at radius 1 is 0.913 bits per heavy atom.